The molecule has 92 valence electrons. The average Bonchev–Trinajstić information content (AvgIpc) is 2.84. The number of hydrogen-bond acceptors (Lipinski definition) is 2. The Morgan fingerprint density at radius 1 is 1.00 bits per heavy atom. The van der Waals surface area contributed by atoms with Crippen molar-refractivity contribution in [2.24, 2.45) is 17.3 Å². The van der Waals surface area contributed by atoms with Crippen molar-refractivity contribution < 1.29 is 4.74 Å². The van der Waals surface area contributed by atoms with Gasteiger partial charge in [0.15, 0.2) is 0 Å². The first-order chi connectivity index (χ1) is 7.91. The summed E-state index contributed by atoms with van der Waals surface area (Å²) in [6, 6.07) is 0. The van der Waals surface area contributed by atoms with Gasteiger partial charge in [0.2, 0.25) is 0 Å². The summed E-state index contributed by atoms with van der Waals surface area (Å²) >= 11 is 0. The van der Waals surface area contributed by atoms with Crippen LogP contribution in [0.5, 0.6) is 0 Å². The number of rotatable bonds is 1. The second-order valence-electron chi connectivity index (χ2n) is 6.08. The van der Waals surface area contributed by atoms with Gasteiger partial charge in [0, 0.05) is 13.2 Å². The summed E-state index contributed by atoms with van der Waals surface area (Å²) in [7, 11) is 0. The molecule has 0 aromatic heterocycles. The van der Waals surface area contributed by atoms with E-state index in [-0.39, 0.29) is 0 Å². The van der Waals surface area contributed by atoms with Crippen molar-refractivity contribution in [3.05, 3.63) is 0 Å². The molecule has 2 nitrogen and oxygen atoms in total. The fourth-order valence-corrected chi connectivity index (χ4v) is 4.42. The van der Waals surface area contributed by atoms with Crippen LogP contribution < -0.4 is 5.32 Å². The van der Waals surface area contributed by atoms with Gasteiger partial charge in [-0.3, -0.25) is 0 Å². The van der Waals surface area contributed by atoms with Crippen molar-refractivity contribution in [1.82, 2.24) is 5.32 Å². The highest BCUT2D eigenvalue weighted by molar-refractivity contribution is 4.96. The average molecular weight is 223 g/mol. The van der Waals surface area contributed by atoms with Gasteiger partial charge in [-0.2, -0.15) is 0 Å². The minimum absolute atomic E-state index is 0.651. The van der Waals surface area contributed by atoms with Gasteiger partial charge in [0.25, 0.3) is 0 Å². The van der Waals surface area contributed by atoms with Gasteiger partial charge in [-0.25, -0.2) is 0 Å². The molecule has 1 spiro atoms. The predicted octanol–water partition coefficient (Wildman–Crippen LogP) is 2.58. The summed E-state index contributed by atoms with van der Waals surface area (Å²) in [4.78, 5) is 0. The second kappa shape index (κ2) is 4.66. The third-order valence-electron chi connectivity index (χ3n) is 5.41. The summed E-state index contributed by atoms with van der Waals surface area (Å²) in [6.45, 7) is 4.56. The second-order valence-corrected chi connectivity index (χ2v) is 6.08. The molecule has 2 aliphatic heterocycles. The molecule has 0 aromatic rings. The minimum atomic E-state index is 0.651. The lowest BCUT2D eigenvalue weighted by molar-refractivity contribution is -0.0508. The van der Waals surface area contributed by atoms with Crippen molar-refractivity contribution in [3.8, 4) is 0 Å². The molecule has 2 heterocycles. The maximum Gasteiger partial charge on any atom is 0.0471 e. The van der Waals surface area contributed by atoms with E-state index in [0.717, 1.165) is 25.0 Å². The molecule has 1 saturated carbocycles. The van der Waals surface area contributed by atoms with E-state index in [1.165, 1.54) is 58.0 Å². The molecular formula is C14H25NO. The number of ether oxygens (including phenoxy) is 1. The van der Waals surface area contributed by atoms with E-state index < -0.39 is 0 Å². The highest BCUT2D eigenvalue weighted by Crippen LogP contribution is 2.49. The van der Waals surface area contributed by atoms with Crippen LogP contribution in [0.15, 0.2) is 0 Å². The predicted molar refractivity (Wildman–Crippen MR) is 65.4 cm³/mol. The zero-order valence-electron chi connectivity index (χ0n) is 10.3. The van der Waals surface area contributed by atoms with E-state index in [9.17, 15) is 0 Å². The normalized spacial score (nSPS) is 35.6. The molecule has 3 aliphatic rings. The van der Waals surface area contributed by atoms with Crippen LogP contribution in [0.3, 0.4) is 0 Å². The number of nitrogens with one attached hydrogen (secondary N) is 1. The Balaban J connectivity index is 1.76. The number of piperidine rings is 1. The third kappa shape index (κ3) is 1.91. The van der Waals surface area contributed by atoms with Gasteiger partial charge < -0.3 is 10.1 Å². The molecule has 0 radical (unpaired) electrons. The third-order valence-corrected chi connectivity index (χ3v) is 5.41. The fourth-order valence-electron chi connectivity index (χ4n) is 4.42. The molecule has 3 rings (SSSR count). The van der Waals surface area contributed by atoms with E-state index in [1.54, 1.807) is 0 Å². The molecule has 0 bridgehead atoms. The van der Waals surface area contributed by atoms with Gasteiger partial charge in [0.05, 0.1) is 0 Å². The largest absolute Gasteiger partial charge is 0.381 e. The quantitative estimate of drug-likeness (QED) is 0.738. The summed E-state index contributed by atoms with van der Waals surface area (Å²) < 4.78 is 5.59. The summed E-state index contributed by atoms with van der Waals surface area (Å²) in [6.07, 6.45) is 10.0. The molecule has 2 saturated heterocycles. The van der Waals surface area contributed by atoms with Gasteiger partial charge in [-0.05, 0) is 49.6 Å². The van der Waals surface area contributed by atoms with Crippen LogP contribution in [0, 0.1) is 17.3 Å². The maximum absolute atomic E-state index is 5.59. The van der Waals surface area contributed by atoms with Crippen LogP contribution in [0.1, 0.15) is 44.9 Å². The van der Waals surface area contributed by atoms with E-state index in [4.69, 9.17) is 4.74 Å². The zero-order chi connectivity index (χ0) is 10.8. The van der Waals surface area contributed by atoms with Crippen LogP contribution >= 0.6 is 0 Å². The summed E-state index contributed by atoms with van der Waals surface area (Å²) in [5, 5.41) is 3.64. The standard InChI is InChI=1S/C14H25NO/c1-2-4-12(3-1)13-11-15-8-5-14(13)6-9-16-10-7-14/h12-13,15H,1-11H2. The molecule has 16 heavy (non-hydrogen) atoms. The first-order valence-electron chi connectivity index (χ1n) is 7.19. The van der Waals surface area contributed by atoms with E-state index in [1.807, 2.05) is 0 Å². The van der Waals surface area contributed by atoms with Gasteiger partial charge in [0.1, 0.15) is 0 Å². The van der Waals surface area contributed by atoms with E-state index >= 15 is 0 Å². The van der Waals surface area contributed by atoms with E-state index in [0.29, 0.717) is 5.41 Å². The SMILES string of the molecule is C1CCC(C2CNCCC23CCOCC3)C1. The van der Waals surface area contributed by atoms with Crippen LogP contribution in [-0.2, 0) is 4.74 Å². The van der Waals surface area contributed by atoms with Crippen LogP contribution in [0.25, 0.3) is 0 Å². The molecule has 0 amide bonds. The Bertz CT molecular complexity index is 221. The molecule has 3 fully saturated rings. The topological polar surface area (TPSA) is 21.3 Å². The molecule has 1 unspecified atom stereocenters. The van der Waals surface area contributed by atoms with Crippen molar-refractivity contribution in [2.45, 2.75) is 44.9 Å². The highest BCUT2D eigenvalue weighted by Gasteiger charge is 2.45. The zero-order valence-corrected chi connectivity index (χ0v) is 10.3. The van der Waals surface area contributed by atoms with Crippen LogP contribution in [-0.4, -0.2) is 26.3 Å². The Hall–Kier alpha value is -0.0800. The molecular weight excluding hydrogens is 198 g/mol. The molecule has 1 N–H and O–H groups in total. The van der Waals surface area contributed by atoms with Crippen LogP contribution in [0.2, 0.25) is 0 Å². The molecule has 2 heteroatoms. The van der Waals surface area contributed by atoms with Crippen molar-refractivity contribution in [3.63, 3.8) is 0 Å². The Labute approximate surface area is 99.1 Å². The Kier molecular flexibility index (Phi) is 3.21. The minimum Gasteiger partial charge on any atom is -0.381 e. The smallest absolute Gasteiger partial charge is 0.0471 e. The summed E-state index contributed by atoms with van der Waals surface area (Å²) in [5.74, 6) is 1.97. The molecule has 1 aliphatic carbocycles. The lowest BCUT2D eigenvalue weighted by atomic mass is 9.61. The Morgan fingerprint density at radius 3 is 2.50 bits per heavy atom. The van der Waals surface area contributed by atoms with Crippen molar-refractivity contribution in [2.75, 3.05) is 26.3 Å². The van der Waals surface area contributed by atoms with Crippen molar-refractivity contribution in [1.29, 1.82) is 0 Å². The monoisotopic (exact) mass is 223 g/mol. The van der Waals surface area contributed by atoms with Crippen molar-refractivity contribution >= 4 is 0 Å². The van der Waals surface area contributed by atoms with Gasteiger partial charge in [-0.1, -0.05) is 25.7 Å². The molecule has 0 aromatic carbocycles. The highest BCUT2D eigenvalue weighted by atomic mass is 16.5. The van der Waals surface area contributed by atoms with E-state index in [2.05, 4.69) is 5.32 Å². The van der Waals surface area contributed by atoms with Gasteiger partial charge >= 0.3 is 0 Å². The maximum atomic E-state index is 5.59. The fraction of sp³-hybridized carbons (Fsp3) is 1.00. The lowest BCUT2D eigenvalue weighted by Crippen LogP contribution is -2.50. The lowest BCUT2D eigenvalue weighted by Gasteiger charge is -2.49. The number of hydrogen-bond donors (Lipinski definition) is 1. The molecule has 1 atom stereocenters. The Morgan fingerprint density at radius 2 is 1.75 bits per heavy atom. The first-order valence-corrected chi connectivity index (χ1v) is 7.19. The summed E-state index contributed by atoms with van der Waals surface area (Å²) in [5.41, 5.74) is 0.651. The van der Waals surface area contributed by atoms with Gasteiger partial charge in [-0.15, -0.1) is 0 Å². The first kappa shape index (κ1) is 11.0. The van der Waals surface area contributed by atoms with Crippen LogP contribution in [0.4, 0.5) is 0 Å².